The topological polar surface area (TPSA) is 75.3 Å². The molecule has 0 bridgehead atoms. The number of hydrogen-bond acceptors (Lipinski definition) is 5. The van der Waals surface area contributed by atoms with E-state index in [0.29, 0.717) is 30.9 Å². The zero-order chi connectivity index (χ0) is 16.8. The third-order valence-electron chi connectivity index (χ3n) is 3.32. The van der Waals surface area contributed by atoms with Crippen molar-refractivity contribution in [3.8, 4) is 0 Å². The van der Waals surface area contributed by atoms with E-state index in [4.69, 9.17) is 4.52 Å². The van der Waals surface area contributed by atoms with Crippen molar-refractivity contribution in [2.45, 2.75) is 52.6 Å². The highest BCUT2D eigenvalue weighted by Gasteiger charge is 2.09. The molecule has 0 radical (unpaired) electrons. The van der Waals surface area contributed by atoms with Gasteiger partial charge in [-0.15, -0.1) is 11.3 Å². The van der Waals surface area contributed by atoms with Crippen molar-refractivity contribution in [2.75, 3.05) is 7.05 Å². The quantitative estimate of drug-likeness (QED) is 0.626. The smallest absolute Gasteiger partial charge is 0.191 e. The maximum atomic E-state index is 5.31. The van der Waals surface area contributed by atoms with Crippen LogP contribution in [0, 0.1) is 0 Å². The third kappa shape index (κ3) is 5.06. The fourth-order valence-corrected chi connectivity index (χ4v) is 2.75. The molecule has 2 aromatic heterocycles. The van der Waals surface area contributed by atoms with Crippen LogP contribution >= 0.6 is 11.3 Å². The molecular formula is C16H25N5OS. The lowest BCUT2D eigenvalue weighted by Crippen LogP contribution is -2.36. The van der Waals surface area contributed by atoms with Crippen LogP contribution in [0.15, 0.2) is 21.0 Å². The van der Waals surface area contributed by atoms with Gasteiger partial charge in [0.2, 0.25) is 0 Å². The van der Waals surface area contributed by atoms with Crippen molar-refractivity contribution < 1.29 is 4.52 Å². The van der Waals surface area contributed by atoms with E-state index in [1.807, 2.05) is 6.07 Å². The Bertz CT molecular complexity index is 592. The van der Waals surface area contributed by atoms with E-state index < -0.39 is 0 Å². The first-order valence-corrected chi connectivity index (χ1v) is 8.71. The maximum Gasteiger partial charge on any atom is 0.191 e. The summed E-state index contributed by atoms with van der Waals surface area (Å²) in [5, 5.41) is 13.8. The molecule has 0 aliphatic carbocycles. The Morgan fingerprint density at radius 1 is 1.22 bits per heavy atom. The van der Waals surface area contributed by atoms with Crippen LogP contribution in [0.2, 0.25) is 0 Å². The van der Waals surface area contributed by atoms with Gasteiger partial charge >= 0.3 is 0 Å². The molecule has 0 aromatic carbocycles. The highest BCUT2D eigenvalue weighted by Crippen LogP contribution is 2.19. The monoisotopic (exact) mass is 335 g/mol. The highest BCUT2D eigenvalue weighted by molar-refractivity contribution is 7.09. The van der Waals surface area contributed by atoms with Crippen molar-refractivity contribution >= 4 is 17.3 Å². The summed E-state index contributed by atoms with van der Waals surface area (Å²) in [5.41, 5.74) is 2.00. The lowest BCUT2D eigenvalue weighted by molar-refractivity contribution is 0.372. The fraction of sp³-hybridized carbons (Fsp3) is 0.562. The van der Waals surface area contributed by atoms with E-state index in [1.165, 1.54) is 0 Å². The molecule has 0 aliphatic heterocycles. The Hall–Kier alpha value is -1.89. The number of nitrogens with zero attached hydrogens (tertiary/aromatic N) is 3. The number of rotatable bonds is 6. The molecule has 2 N–H and O–H groups in total. The zero-order valence-corrected chi connectivity index (χ0v) is 15.2. The van der Waals surface area contributed by atoms with Crippen LogP contribution in [-0.2, 0) is 13.1 Å². The maximum absolute atomic E-state index is 5.31. The zero-order valence-electron chi connectivity index (χ0n) is 14.4. The first kappa shape index (κ1) is 17.5. The lowest BCUT2D eigenvalue weighted by atomic mass is 10.1. The van der Waals surface area contributed by atoms with Gasteiger partial charge in [-0.2, -0.15) is 0 Å². The molecule has 0 saturated carbocycles. The summed E-state index contributed by atoms with van der Waals surface area (Å²) < 4.78 is 5.31. The summed E-state index contributed by atoms with van der Waals surface area (Å²) in [4.78, 5) is 8.81. The highest BCUT2D eigenvalue weighted by atomic mass is 32.1. The predicted molar refractivity (Wildman–Crippen MR) is 93.8 cm³/mol. The number of thiazole rings is 1. The second-order valence-electron chi connectivity index (χ2n) is 5.98. The molecule has 0 aliphatic rings. The minimum atomic E-state index is 0.366. The van der Waals surface area contributed by atoms with E-state index in [1.54, 1.807) is 18.4 Å². The van der Waals surface area contributed by atoms with Gasteiger partial charge in [0, 0.05) is 24.4 Å². The Balaban J connectivity index is 1.82. The Morgan fingerprint density at radius 2 is 1.96 bits per heavy atom. The second kappa shape index (κ2) is 8.10. The Kier molecular flexibility index (Phi) is 6.15. The minimum Gasteiger partial charge on any atom is -0.359 e. The average Bonchev–Trinajstić information content (AvgIpc) is 3.16. The summed E-state index contributed by atoms with van der Waals surface area (Å²) in [6.45, 7) is 9.69. The summed E-state index contributed by atoms with van der Waals surface area (Å²) in [6, 6.07) is 1.97. The number of guanidine groups is 1. The molecule has 2 aromatic rings. The first-order chi connectivity index (χ1) is 11.0. The molecule has 6 nitrogen and oxygen atoms in total. The van der Waals surface area contributed by atoms with Crippen LogP contribution in [0.5, 0.6) is 0 Å². The van der Waals surface area contributed by atoms with E-state index in [2.05, 4.69) is 58.8 Å². The van der Waals surface area contributed by atoms with Gasteiger partial charge < -0.3 is 15.2 Å². The Labute approximate surface area is 141 Å². The SMILES string of the molecule is CN=C(NCc1csc(C(C)C)n1)NCc1cc(C(C)C)no1. The predicted octanol–water partition coefficient (Wildman–Crippen LogP) is 3.24. The molecule has 0 fully saturated rings. The molecule has 0 atom stereocenters. The summed E-state index contributed by atoms with van der Waals surface area (Å²) in [7, 11) is 1.75. The molecule has 23 heavy (non-hydrogen) atoms. The average molecular weight is 335 g/mol. The number of aliphatic imine (C=N–C) groups is 1. The molecule has 2 heterocycles. The van der Waals surface area contributed by atoms with Gasteiger partial charge in [-0.25, -0.2) is 4.98 Å². The fourth-order valence-electron chi connectivity index (χ4n) is 1.92. The molecule has 0 spiro atoms. The van der Waals surface area contributed by atoms with E-state index in [-0.39, 0.29) is 0 Å². The third-order valence-corrected chi connectivity index (χ3v) is 4.52. The van der Waals surface area contributed by atoms with E-state index >= 15 is 0 Å². The van der Waals surface area contributed by atoms with E-state index in [9.17, 15) is 0 Å². The van der Waals surface area contributed by atoms with Gasteiger partial charge in [-0.3, -0.25) is 4.99 Å². The molecule has 0 amide bonds. The summed E-state index contributed by atoms with van der Waals surface area (Å²) in [5.74, 6) is 2.34. The van der Waals surface area contributed by atoms with Crippen LogP contribution in [-0.4, -0.2) is 23.1 Å². The van der Waals surface area contributed by atoms with Crippen molar-refractivity contribution in [2.24, 2.45) is 4.99 Å². The molecule has 2 rings (SSSR count). The Morgan fingerprint density at radius 3 is 2.52 bits per heavy atom. The van der Waals surface area contributed by atoms with Crippen LogP contribution in [0.1, 0.15) is 61.7 Å². The van der Waals surface area contributed by atoms with Gasteiger partial charge in [0.1, 0.15) is 0 Å². The standard InChI is InChI=1S/C16H25N5OS/c1-10(2)14-6-13(22-21-14)8-19-16(17-5)18-7-12-9-23-15(20-12)11(3)4/h6,9-11H,7-8H2,1-5H3,(H2,17,18,19). The molecule has 7 heteroatoms. The second-order valence-corrected chi connectivity index (χ2v) is 6.87. The van der Waals surface area contributed by atoms with Gasteiger partial charge in [-0.1, -0.05) is 32.9 Å². The molecular weight excluding hydrogens is 310 g/mol. The molecule has 126 valence electrons. The van der Waals surface area contributed by atoms with Crippen molar-refractivity contribution in [1.82, 2.24) is 20.8 Å². The van der Waals surface area contributed by atoms with Crippen LogP contribution in [0.4, 0.5) is 0 Å². The normalized spacial score (nSPS) is 12.2. The number of hydrogen-bond donors (Lipinski definition) is 2. The van der Waals surface area contributed by atoms with Crippen molar-refractivity contribution in [3.63, 3.8) is 0 Å². The number of nitrogens with one attached hydrogen (secondary N) is 2. The van der Waals surface area contributed by atoms with Crippen LogP contribution in [0.25, 0.3) is 0 Å². The summed E-state index contributed by atoms with van der Waals surface area (Å²) >= 11 is 1.70. The first-order valence-electron chi connectivity index (χ1n) is 7.84. The number of aromatic nitrogens is 2. The van der Waals surface area contributed by atoms with Crippen LogP contribution in [0.3, 0.4) is 0 Å². The van der Waals surface area contributed by atoms with Gasteiger partial charge in [0.15, 0.2) is 11.7 Å². The van der Waals surface area contributed by atoms with Gasteiger partial charge in [-0.05, 0) is 5.92 Å². The van der Waals surface area contributed by atoms with Crippen LogP contribution < -0.4 is 10.6 Å². The summed E-state index contributed by atoms with van der Waals surface area (Å²) in [6.07, 6.45) is 0. The van der Waals surface area contributed by atoms with E-state index in [0.717, 1.165) is 22.2 Å². The van der Waals surface area contributed by atoms with Crippen molar-refractivity contribution in [1.29, 1.82) is 0 Å². The van der Waals surface area contributed by atoms with Crippen molar-refractivity contribution in [3.05, 3.63) is 33.6 Å². The molecule has 0 unspecified atom stereocenters. The lowest BCUT2D eigenvalue weighted by Gasteiger charge is -2.09. The van der Waals surface area contributed by atoms with Gasteiger partial charge in [0.05, 0.1) is 29.5 Å². The van der Waals surface area contributed by atoms with Gasteiger partial charge in [0.25, 0.3) is 0 Å². The molecule has 0 saturated heterocycles. The largest absolute Gasteiger partial charge is 0.359 e. The minimum absolute atomic E-state index is 0.366.